The van der Waals surface area contributed by atoms with Crippen LogP contribution in [0.4, 0.5) is 0 Å². The Morgan fingerprint density at radius 1 is 1.43 bits per heavy atom. The van der Waals surface area contributed by atoms with Gasteiger partial charge in [-0.3, -0.25) is 0 Å². The Morgan fingerprint density at radius 2 is 1.93 bits per heavy atom. The highest BCUT2D eigenvalue weighted by Gasteiger charge is 2.39. The lowest BCUT2D eigenvalue weighted by molar-refractivity contribution is 0.379. The summed E-state index contributed by atoms with van der Waals surface area (Å²) in [7, 11) is -1.87. The van der Waals surface area contributed by atoms with Gasteiger partial charge in [0.15, 0.2) is 0 Å². The zero-order chi connectivity index (χ0) is 11.4. The van der Waals surface area contributed by atoms with Crippen molar-refractivity contribution in [3.05, 3.63) is 12.0 Å². The standard InChI is InChI=1S/C10H19NO2Si/c1-7-9(11-8-12)13-14(5,6)10(2,3)4/h7H,1-6H3/b9-7+. The Morgan fingerprint density at radius 3 is 2.21 bits per heavy atom. The summed E-state index contributed by atoms with van der Waals surface area (Å²) in [6.45, 7) is 12.4. The lowest BCUT2D eigenvalue weighted by Gasteiger charge is -2.35. The SMILES string of the molecule is C/C=C(\N=C=O)O[Si](C)(C)C(C)(C)C. The Hall–Kier alpha value is -0.863. The van der Waals surface area contributed by atoms with E-state index in [1.54, 1.807) is 13.0 Å². The number of rotatable bonds is 3. The number of aliphatic imine (C=N–C) groups is 1. The van der Waals surface area contributed by atoms with E-state index in [-0.39, 0.29) is 5.04 Å². The third-order valence-electron chi connectivity index (χ3n) is 2.57. The van der Waals surface area contributed by atoms with Crippen molar-refractivity contribution in [3.8, 4) is 0 Å². The quantitative estimate of drug-likeness (QED) is 0.312. The fourth-order valence-corrected chi connectivity index (χ4v) is 1.60. The van der Waals surface area contributed by atoms with Crippen LogP contribution in [0.1, 0.15) is 27.7 Å². The summed E-state index contributed by atoms with van der Waals surface area (Å²) in [6, 6.07) is 0. The van der Waals surface area contributed by atoms with Gasteiger partial charge in [0.25, 0.3) is 8.32 Å². The van der Waals surface area contributed by atoms with Gasteiger partial charge < -0.3 is 4.43 Å². The number of hydrogen-bond donors (Lipinski definition) is 0. The lowest BCUT2D eigenvalue weighted by Crippen LogP contribution is -2.40. The first-order chi connectivity index (χ1) is 6.24. The average molecular weight is 213 g/mol. The molecule has 0 bridgehead atoms. The van der Waals surface area contributed by atoms with Crippen molar-refractivity contribution in [3.63, 3.8) is 0 Å². The van der Waals surface area contributed by atoms with Crippen molar-refractivity contribution < 1.29 is 9.22 Å². The second-order valence-electron chi connectivity index (χ2n) is 4.69. The predicted octanol–water partition coefficient (Wildman–Crippen LogP) is 3.21. The molecule has 0 unspecified atom stereocenters. The molecule has 0 aliphatic rings. The van der Waals surface area contributed by atoms with E-state index >= 15 is 0 Å². The van der Waals surface area contributed by atoms with Gasteiger partial charge in [-0.2, -0.15) is 0 Å². The van der Waals surface area contributed by atoms with Gasteiger partial charge in [0, 0.05) is 0 Å². The Bertz CT molecular complexity index is 270. The molecule has 3 nitrogen and oxygen atoms in total. The van der Waals surface area contributed by atoms with E-state index in [0.29, 0.717) is 5.88 Å². The number of allylic oxidation sites excluding steroid dienone is 1. The van der Waals surface area contributed by atoms with E-state index in [0.717, 1.165) is 0 Å². The van der Waals surface area contributed by atoms with Crippen molar-refractivity contribution in [2.45, 2.75) is 45.8 Å². The maximum absolute atomic E-state index is 10.1. The molecule has 80 valence electrons. The number of hydrogen-bond acceptors (Lipinski definition) is 3. The van der Waals surface area contributed by atoms with Crippen molar-refractivity contribution in [2.24, 2.45) is 4.99 Å². The van der Waals surface area contributed by atoms with Crippen LogP contribution in [0.2, 0.25) is 18.1 Å². The third kappa shape index (κ3) is 3.48. The molecule has 0 radical (unpaired) electrons. The van der Waals surface area contributed by atoms with E-state index in [1.807, 2.05) is 0 Å². The average Bonchev–Trinajstić information content (AvgIpc) is 2.01. The molecule has 0 rings (SSSR count). The minimum atomic E-state index is -1.87. The topological polar surface area (TPSA) is 38.7 Å². The summed E-state index contributed by atoms with van der Waals surface area (Å²) in [4.78, 5) is 13.6. The van der Waals surface area contributed by atoms with Crippen LogP contribution in [0.15, 0.2) is 17.0 Å². The first-order valence-corrected chi connectivity index (χ1v) is 7.58. The van der Waals surface area contributed by atoms with Crippen LogP contribution < -0.4 is 0 Å². The van der Waals surface area contributed by atoms with Crippen LogP contribution in [-0.2, 0) is 9.22 Å². The summed E-state index contributed by atoms with van der Waals surface area (Å²) >= 11 is 0. The molecule has 0 fully saturated rings. The van der Waals surface area contributed by atoms with E-state index in [1.165, 1.54) is 6.08 Å². The molecule has 4 heteroatoms. The molecule has 0 N–H and O–H groups in total. The third-order valence-corrected chi connectivity index (χ3v) is 6.90. The highest BCUT2D eigenvalue weighted by molar-refractivity contribution is 6.74. The minimum Gasteiger partial charge on any atom is -0.530 e. The Kier molecular flexibility index (Phi) is 4.29. The highest BCUT2D eigenvalue weighted by Crippen LogP contribution is 2.37. The van der Waals surface area contributed by atoms with Crippen LogP contribution in [0.3, 0.4) is 0 Å². The maximum Gasteiger partial charge on any atom is 0.252 e. The van der Waals surface area contributed by atoms with E-state index < -0.39 is 8.32 Å². The number of nitrogens with zero attached hydrogens (tertiary/aromatic N) is 1. The molecular formula is C10H19NO2Si. The molecule has 0 saturated carbocycles. The number of carbonyl (C=O) groups excluding carboxylic acids is 1. The van der Waals surface area contributed by atoms with E-state index in [4.69, 9.17) is 4.43 Å². The molecule has 0 atom stereocenters. The lowest BCUT2D eigenvalue weighted by atomic mass is 10.2. The molecule has 0 amide bonds. The molecule has 0 saturated heterocycles. The molecule has 0 aliphatic heterocycles. The Labute approximate surface area is 87.0 Å². The van der Waals surface area contributed by atoms with Crippen LogP contribution >= 0.6 is 0 Å². The van der Waals surface area contributed by atoms with E-state index in [2.05, 4.69) is 38.9 Å². The second kappa shape index (κ2) is 4.58. The normalized spacial score (nSPS) is 13.4. The molecule has 0 spiro atoms. The zero-order valence-electron chi connectivity index (χ0n) is 9.84. The van der Waals surface area contributed by atoms with E-state index in [9.17, 15) is 4.79 Å². The van der Waals surface area contributed by atoms with Crippen LogP contribution in [0.5, 0.6) is 0 Å². The smallest absolute Gasteiger partial charge is 0.252 e. The summed E-state index contributed by atoms with van der Waals surface area (Å²) in [6.07, 6.45) is 3.18. The second-order valence-corrected chi connectivity index (χ2v) is 9.42. The fourth-order valence-electron chi connectivity index (χ4n) is 0.606. The Balaban J connectivity index is 4.74. The van der Waals surface area contributed by atoms with Gasteiger partial charge in [-0.1, -0.05) is 20.8 Å². The summed E-state index contributed by atoms with van der Waals surface area (Å²) < 4.78 is 5.76. The minimum absolute atomic E-state index is 0.111. The van der Waals surface area contributed by atoms with Gasteiger partial charge in [0.05, 0.1) is 0 Å². The maximum atomic E-state index is 10.1. The molecule has 0 heterocycles. The van der Waals surface area contributed by atoms with Crippen molar-refractivity contribution >= 4 is 14.4 Å². The van der Waals surface area contributed by atoms with Crippen LogP contribution in [0, 0.1) is 0 Å². The summed E-state index contributed by atoms with van der Waals surface area (Å²) in [5.74, 6) is 0.381. The van der Waals surface area contributed by atoms with Gasteiger partial charge in [-0.25, -0.2) is 4.79 Å². The fraction of sp³-hybridized carbons (Fsp3) is 0.700. The molecule has 0 aromatic heterocycles. The monoisotopic (exact) mass is 213 g/mol. The van der Waals surface area contributed by atoms with Gasteiger partial charge >= 0.3 is 0 Å². The molecular weight excluding hydrogens is 194 g/mol. The van der Waals surface area contributed by atoms with Crippen LogP contribution in [0.25, 0.3) is 0 Å². The largest absolute Gasteiger partial charge is 0.530 e. The van der Waals surface area contributed by atoms with Crippen molar-refractivity contribution in [1.82, 2.24) is 0 Å². The van der Waals surface area contributed by atoms with Gasteiger partial charge in [0.1, 0.15) is 0 Å². The predicted molar refractivity (Wildman–Crippen MR) is 60.2 cm³/mol. The van der Waals surface area contributed by atoms with Gasteiger partial charge in [-0.05, 0) is 31.1 Å². The summed E-state index contributed by atoms with van der Waals surface area (Å²) in [5, 5.41) is 0.111. The summed E-state index contributed by atoms with van der Waals surface area (Å²) in [5.41, 5.74) is 0. The molecule has 0 aliphatic carbocycles. The van der Waals surface area contributed by atoms with Crippen molar-refractivity contribution in [1.29, 1.82) is 0 Å². The number of isocyanates is 1. The highest BCUT2D eigenvalue weighted by atomic mass is 28.4. The zero-order valence-corrected chi connectivity index (χ0v) is 10.8. The first kappa shape index (κ1) is 13.1. The van der Waals surface area contributed by atoms with Gasteiger partial charge in [-0.15, -0.1) is 4.99 Å². The molecule has 0 aromatic carbocycles. The van der Waals surface area contributed by atoms with Gasteiger partial charge in [0.2, 0.25) is 12.0 Å². The molecule has 0 aromatic rings. The molecule has 14 heavy (non-hydrogen) atoms. The first-order valence-electron chi connectivity index (χ1n) is 4.68. The van der Waals surface area contributed by atoms with Crippen LogP contribution in [-0.4, -0.2) is 14.4 Å². The van der Waals surface area contributed by atoms with Crippen molar-refractivity contribution in [2.75, 3.05) is 0 Å².